The first-order valence-corrected chi connectivity index (χ1v) is 7.64. The fraction of sp³-hybridized carbons (Fsp3) is 0.167. The summed E-state index contributed by atoms with van der Waals surface area (Å²) in [5, 5.41) is 0.973. The Kier molecular flexibility index (Phi) is 4.43. The molecular formula is C12H8BrCl3S. The second-order valence-electron chi connectivity index (χ2n) is 3.58. The molecule has 0 fully saturated rings. The van der Waals surface area contributed by atoms with E-state index in [0.717, 1.165) is 14.9 Å². The van der Waals surface area contributed by atoms with Crippen LogP contribution in [0.1, 0.15) is 20.7 Å². The third-order valence-corrected chi connectivity index (χ3v) is 5.73. The normalized spacial score (nSPS) is 12.8. The molecular weight excluding hydrogens is 362 g/mol. The Morgan fingerprint density at radius 2 is 1.94 bits per heavy atom. The van der Waals surface area contributed by atoms with Gasteiger partial charge in [-0.15, -0.1) is 22.9 Å². The highest BCUT2D eigenvalue weighted by molar-refractivity contribution is 9.10. The molecule has 90 valence electrons. The SMILES string of the molecule is Cc1sc(C(Cl)c2ccc(Cl)cc2Cl)cc1Br. The molecule has 1 aromatic carbocycles. The highest BCUT2D eigenvalue weighted by Gasteiger charge is 2.17. The van der Waals surface area contributed by atoms with Crippen LogP contribution < -0.4 is 0 Å². The lowest BCUT2D eigenvalue weighted by molar-refractivity contribution is 1.18. The highest BCUT2D eigenvalue weighted by Crippen LogP contribution is 2.40. The Hall–Kier alpha value is 0.270. The summed E-state index contributed by atoms with van der Waals surface area (Å²) in [7, 11) is 0. The fourth-order valence-electron chi connectivity index (χ4n) is 1.47. The number of halogens is 4. The van der Waals surface area contributed by atoms with E-state index in [1.54, 1.807) is 23.5 Å². The Balaban J connectivity index is 2.39. The molecule has 1 heterocycles. The van der Waals surface area contributed by atoms with Gasteiger partial charge in [0, 0.05) is 24.3 Å². The Bertz CT molecular complexity index is 531. The van der Waals surface area contributed by atoms with Crippen LogP contribution in [-0.4, -0.2) is 0 Å². The van der Waals surface area contributed by atoms with Gasteiger partial charge in [-0.2, -0.15) is 0 Å². The van der Waals surface area contributed by atoms with Crippen molar-refractivity contribution in [2.75, 3.05) is 0 Å². The maximum Gasteiger partial charge on any atom is 0.0942 e. The molecule has 1 atom stereocenters. The van der Waals surface area contributed by atoms with Crippen LogP contribution in [0.4, 0.5) is 0 Å². The van der Waals surface area contributed by atoms with Crippen molar-refractivity contribution < 1.29 is 0 Å². The predicted molar refractivity (Wildman–Crippen MR) is 80.9 cm³/mol. The summed E-state index contributed by atoms with van der Waals surface area (Å²) in [6.45, 7) is 2.05. The van der Waals surface area contributed by atoms with Gasteiger partial charge in [-0.1, -0.05) is 29.3 Å². The van der Waals surface area contributed by atoms with E-state index < -0.39 is 0 Å². The molecule has 5 heteroatoms. The van der Waals surface area contributed by atoms with E-state index in [1.165, 1.54) is 4.88 Å². The number of hydrogen-bond acceptors (Lipinski definition) is 1. The summed E-state index contributed by atoms with van der Waals surface area (Å²) < 4.78 is 1.08. The number of aryl methyl sites for hydroxylation is 1. The van der Waals surface area contributed by atoms with Crippen LogP contribution in [-0.2, 0) is 0 Å². The molecule has 0 aliphatic heterocycles. The van der Waals surface area contributed by atoms with Crippen molar-refractivity contribution >= 4 is 62.1 Å². The smallest absolute Gasteiger partial charge is 0.0942 e. The van der Waals surface area contributed by atoms with Gasteiger partial charge < -0.3 is 0 Å². The number of alkyl halides is 1. The molecule has 0 radical (unpaired) electrons. The highest BCUT2D eigenvalue weighted by atomic mass is 79.9. The van der Waals surface area contributed by atoms with Gasteiger partial charge in [-0.3, -0.25) is 0 Å². The van der Waals surface area contributed by atoms with Gasteiger partial charge in [0.15, 0.2) is 0 Å². The Morgan fingerprint density at radius 3 is 2.47 bits per heavy atom. The van der Waals surface area contributed by atoms with Crippen LogP contribution in [0.25, 0.3) is 0 Å². The van der Waals surface area contributed by atoms with Crippen molar-refractivity contribution in [1.82, 2.24) is 0 Å². The molecule has 0 aliphatic rings. The van der Waals surface area contributed by atoms with Gasteiger partial charge in [0.25, 0.3) is 0 Å². The van der Waals surface area contributed by atoms with E-state index >= 15 is 0 Å². The molecule has 1 aromatic heterocycles. The van der Waals surface area contributed by atoms with Gasteiger partial charge in [0.05, 0.1) is 5.38 Å². The molecule has 0 N–H and O–H groups in total. The number of benzene rings is 1. The lowest BCUT2D eigenvalue weighted by atomic mass is 10.1. The molecule has 1 unspecified atom stereocenters. The average molecular weight is 371 g/mol. The Morgan fingerprint density at radius 1 is 1.24 bits per heavy atom. The quantitative estimate of drug-likeness (QED) is 0.533. The second kappa shape index (κ2) is 5.50. The van der Waals surface area contributed by atoms with Crippen LogP contribution in [0, 0.1) is 6.92 Å². The van der Waals surface area contributed by atoms with Gasteiger partial charge >= 0.3 is 0 Å². The number of hydrogen-bond donors (Lipinski definition) is 0. The second-order valence-corrected chi connectivity index (χ2v) is 7.00. The van der Waals surface area contributed by atoms with Crippen molar-refractivity contribution in [1.29, 1.82) is 0 Å². The van der Waals surface area contributed by atoms with Crippen LogP contribution in [0.3, 0.4) is 0 Å². The van der Waals surface area contributed by atoms with E-state index in [1.807, 2.05) is 19.1 Å². The van der Waals surface area contributed by atoms with E-state index in [0.29, 0.717) is 10.0 Å². The van der Waals surface area contributed by atoms with Gasteiger partial charge in [-0.25, -0.2) is 0 Å². The van der Waals surface area contributed by atoms with E-state index in [4.69, 9.17) is 34.8 Å². The third kappa shape index (κ3) is 2.99. The zero-order chi connectivity index (χ0) is 12.6. The summed E-state index contributed by atoms with van der Waals surface area (Å²) in [6, 6.07) is 7.41. The summed E-state index contributed by atoms with van der Waals surface area (Å²) in [6.07, 6.45) is 0. The van der Waals surface area contributed by atoms with Crippen LogP contribution in [0.15, 0.2) is 28.7 Å². The minimum absolute atomic E-state index is 0.241. The minimum atomic E-state index is -0.241. The summed E-state index contributed by atoms with van der Waals surface area (Å²) >= 11 is 23.6. The van der Waals surface area contributed by atoms with Gasteiger partial charge in [-0.05, 0) is 46.6 Å². The first-order valence-electron chi connectivity index (χ1n) is 4.84. The molecule has 0 amide bonds. The van der Waals surface area contributed by atoms with Gasteiger partial charge in [0.2, 0.25) is 0 Å². The first kappa shape index (κ1) is 13.7. The van der Waals surface area contributed by atoms with Crippen LogP contribution in [0.2, 0.25) is 10.0 Å². The monoisotopic (exact) mass is 368 g/mol. The predicted octanol–water partition coefficient (Wildman–Crippen LogP) is 6.45. The van der Waals surface area contributed by atoms with E-state index in [-0.39, 0.29) is 5.38 Å². The van der Waals surface area contributed by atoms with Crippen LogP contribution >= 0.6 is 62.1 Å². The number of thiophene rings is 1. The average Bonchev–Trinajstić information content (AvgIpc) is 2.58. The van der Waals surface area contributed by atoms with Crippen molar-refractivity contribution in [3.05, 3.63) is 54.1 Å². The lowest BCUT2D eigenvalue weighted by Crippen LogP contribution is -1.91. The summed E-state index contributed by atoms with van der Waals surface area (Å²) in [5.74, 6) is 0. The molecule has 17 heavy (non-hydrogen) atoms. The van der Waals surface area contributed by atoms with E-state index in [9.17, 15) is 0 Å². The lowest BCUT2D eigenvalue weighted by Gasteiger charge is -2.10. The van der Waals surface area contributed by atoms with Gasteiger partial charge in [0.1, 0.15) is 0 Å². The molecule has 0 saturated heterocycles. The van der Waals surface area contributed by atoms with E-state index in [2.05, 4.69) is 15.9 Å². The summed E-state index contributed by atoms with van der Waals surface area (Å²) in [4.78, 5) is 2.27. The molecule has 0 bridgehead atoms. The molecule has 0 saturated carbocycles. The van der Waals surface area contributed by atoms with Crippen LogP contribution in [0.5, 0.6) is 0 Å². The fourth-order valence-corrected chi connectivity index (χ4v) is 3.99. The standard InChI is InChI=1S/C12H8BrCl3S/c1-6-9(13)5-11(17-6)12(16)8-3-2-7(14)4-10(8)15/h2-5,12H,1H3. The number of rotatable bonds is 2. The topological polar surface area (TPSA) is 0 Å². The maximum absolute atomic E-state index is 6.44. The third-order valence-electron chi connectivity index (χ3n) is 2.36. The molecule has 0 nitrogen and oxygen atoms in total. The molecule has 2 rings (SSSR count). The maximum atomic E-state index is 6.44. The largest absolute Gasteiger partial charge is 0.143 e. The molecule has 2 aromatic rings. The molecule has 0 spiro atoms. The first-order chi connectivity index (χ1) is 7.99. The zero-order valence-corrected chi connectivity index (χ0v) is 13.5. The summed E-state index contributed by atoms with van der Waals surface area (Å²) in [5.41, 5.74) is 0.881. The van der Waals surface area contributed by atoms with Crippen molar-refractivity contribution in [2.24, 2.45) is 0 Å². The van der Waals surface area contributed by atoms with Crippen molar-refractivity contribution in [2.45, 2.75) is 12.3 Å². The van der Waals surface area contributed by atoms with Crippen molar-refractivity contribution in [3.8, 4) is 0 Å². The molecule has 0 aliphatic carbocycles. The van der Waals surface area contributed by atoms with Crippen molar-refractivity contribution in [3.63, 3.8) is 0 Å². The minimum Gasteiger partial charge on any atom is -0.143 e. The Labute approximate surface area is 128 Å². The zero-order valence-electron chi connectivity index (χ0n) is 8.81.